The van der Waals surface area contributed by atoms with Crippen LogP contribution < -0.4 is 11.1 Å². The van der Waals surface area contributed by atoms with E-state index in [4.69, 9.17) is 10.9 Å². The average Bonchev–Trinajstić information content (AvgIpc) is 3.27. The number of nitrogens with zero attached hydrogens (tertiary/aromatic N) is 1. The highest BCUT2D eigenvalue weighted by Crippen LogP contribution is 2.34. The van der Waals surface area contributed by atoms with E-state index in [1.807, 2.05) is 0 Å². The van der Waals surface area contributed by atoms with Gasteiger partial charge in [0.15, 0.2) is 5.84 Å². The molecule has 1 aliphatic carbocycles. The zero-order valence-electron chi connectivity index (χ0n) is 11.8. The molecule has 20 heavy (non-hydrogen) atoms. The smallest absolute Gasteiger partial charge is 0.173 e. The zero-order valence-corrected chi connectivity index (χ0v) is 11.8. The highest BCUT2D eigenvalue weighted by molar-refractivity contribution is 5.97. The normalized spacial score (nSPS) is 17.2. The number of hydrogen-bond donors (Lipinski definition) is 3. The van der Waals surface area contributed by atoms with E-state index in [0.29, 0.717) is 18.2 Å². The van der Waals surface area contributed by atoms with Crippen molar-refractivity contribution < 1.29 is 9.60 Å². The van der Waals surface area contributed by atoms with Crippen LogP contribution in [0.25, 0.3) is 0 Å². The van der Waals surface area contributed by atoms with Crippen LogP contribution >= 0.6 is 0 Å². The fourth-order valence-electron chi connectivity index (χ4n) is 2.37. The summed E-state index contributed by atoms with van der Waals surface area (Å²) < 4.78 is 14.2. The lowest BCUT2D eigenvalue weighted by molar-refractivity contribution is 0.318. The minimum Gasteiger partial charge on any atom is -0.409 e. The zero-order chi connectivity index (χ0) is 14.5. The largest absolute Gasteiger partial charge is 0.409 e. The molecule has 2 rings (SSSR count). The topological polar surface area (TPSA) is 70.6 Å². The fraction of sp³-hybridized carbons (Fsp3) is 0.533. The van der Waals surface area contributed by atoms with Crippen LogP contribution in [0.3, 0.4) is 0 Å². The SMILES string of the molecule is CCC(CC1CC1)NCc1cccc(/C(N)=N/O)c1F. The van der Waals surface area contributed by atoms with E-state index < -0.39 is 5.82 Å². The van der Waals surface area contributed by atoms with Crippen molar-refractivity contribution in [3.05, 3.63) is 35.1 Å². The maximum atomic E-state index is 14.2. The first kappa shape index (κ1) is 14.8. The molecule has 0 spiro atoms. The molecule has 0 bridgehead atoms. The number of nitrogens with two attached hydrogens (primary N) is 1. The maximum absolute atomic E-state index is 14.2. The van der Waals surface area contributed by atoms with Crippen LogP contribution in [0.4, 0.5) is 4.39 Å². The van der Waals surface area contributed by atoms with Crippen LogP contribution in [-0.2, 0) is 6.54 Å². The van der Waals surface area contributed by atoms with Gasteiger partial charge in [0.05, 0.1) is 5.56 Å². The molecule has 110 valence electrons. The Morgan fingerprint density at radius 3 is 2.90 bits per heavy atom. The van der Waals surface area contributed by atoms with Gasteiger partial charge in [-0.1, -0.05) is 37.1 Å². The molecule has 0 aliphatic heterocycles. The van der Waals surface area contributed by atoms with Crippen molar-refractivity contribution in [2.45, 2.75) is 45.2 Å². The Bertz CT molecular complexity index is 486. The van der Waals surface area contributed by atoms with Crippen molar-refractivity contribution in [3.63, 3.8) is 0 Å². The van der Waals surface area contributed by atoms with Crippen LogP contribution in [0.2, 0.25) is 0 Å². The number of hydrogen-bond acceptors (Lipinski definition) is 3. The molecule has 4 N–H and O–H groups in total. The maximum Gasteiger partial charge on any atom is 0.173 e. The van der Waals surface area contributed by atoms with Crippen molar-refractivity contribution in [1.29, 1.82) is 0 Å². The van der Waals surface area contributed by atoms with Gasteiger partial charge in [-0.2, -0.15) is 0 Å². The quantitative estimate of drug-likeness (QED) is 0.311. The minimum absolute atomic E-state index is 0.141. The Morgan fingerprint density at radius 1 is 1.55 bits per heavy atom. The molecule has 0 heterocycles. The van der Waals surface area contributed by atoms with Gasteiger partial charge in [0.2, 0.25) is 0 Å². The number of benzene rings is 1. The summed E-state index contributed by atoms with van der Waals surface area (Å²) in [5.74, 6) is 0.228. The summed E-state index contributed by atoms with van der Waals surface area (Å²) in [6.07, 6.45) is 4.85. The van der Waals surface area contributed by atoms with Crippen LogP contribution in [0.5, 0.6) is 0 Å². The van der Waals surface area contributed by atoms with Gasteiger partial charge in [-0.25, -0.2) is 4.39 Å². The monoisotopic (exact) mass is 279 g/mol. The molecule has 4 nitrogen and oxygen atoms in total. The van der Waals surface area contributed by atoms with E-state index in [2.05, 4.69) is 17.4 Å². The molecule has 1 fully saturated rings. The molecule has 1 atom stereocenters. The van der Waals surface area contributed by atoms with E-state index in [1.54, 1.807) is 12.1 Å². The minimum atomic E-state index is -0.420. The lowest BCUT2D eigenvalue weighted by atomic mass is 10.1. The van der Waals surface area contributed by atoms with E-state index >= 15 is 0 Å². The van der Waals surface area contributed by atoms with Crippen molar-refractivity contribution in [3.8, 4) is 0 Å². The first-order valence-corrected chi connectivity index (χ1v) is 7.14. The number of amidine groups is 1. The molecule has 0 saturated heterocycles. The van der Waals surface area contributed by atoms with Crippen LogP contribution in [0.15, 0.2) is 23.4 Å². The second-order valence-electron chi connectivity index (χ2n) is 5.43. The summed E-state index contributed by atoms with van der Waals surface area (Å²) in [4.78, 5) is 0. The summed E-state index contributed by atoms with van der Waals surface area (Å²) >= 11 is 0. The van der Waals surface area contributed by atoms with Crippen LogP contribution in [-0.4, -0.2) is 17.1 Å². The van der Waals surface area contributed by atoms with E-state index in [0.717, 1.165) is 18.8 Å². The standard InChI is InChI=1S/C15H22FN3O/c1-2-12(8-10-6-7-10)18-9-11-4-3-5-13(14(11)16)15(17)19-20/h3-5,10,12,18,20H,2,6-9H2,1H3,(H2,17,19). The third-order valence-corrected chi connectivity index (χ3v) is 3.85. The highest BCUT2D eigenvalue weighted by atomic mass is 19.1. The molecule has 1 saturated carbocycles. The van der Waals surface area contributed by atoms with Crippen molar-refractivity contribution in [2.75, 3.05) is 0 Å². The summed E-state index contributed by atoms with van der Waals surface area (Å²) in [5, 5.41) is 14.9. The molecule has 5 heteroatoms. The van der Waals surface area contributed by atoms with E-state index in [9.17, 15) is 4.39 Å². The predicted molar refractivity (Wildman–Crippen MR) is 77.2 cm³/mol. The predicted octanol–water partition coefficient (Wildman–Crippen LogP) is 2.59. The van der Waals surface area contributed by atoms with Crippen LogP contribution in [0.1, 0.15) is 43.7 Å². The molecular formula is C15H22FN3O. The summed E-state index contributed by atoms with van der Waals surface area (Å²) in [7, 11) is 0. The second kappa shape index (κ2) is 6.70. The fourth-order valence-corrected chi connectivity index (χ4v) is 2.37. The molecule has 1 aromatic rings. The van der Waals surface area contributed by atoms with Gasteiger partial charge in [-0.05, 0) is 24.8 Å². The Balaban J connectivity index is 2.01. The van der Waals surface area contributed by atoms with Gasteiger partial charge in [0.1, 0.15) is 5.82 Å². The summed E-state index contributed by atoms with van der Waals surface area (Å²) in [6, 6.07) is 5.37. The molecule has 1 unspecified atom stereocenters. The Hall–Kier alpha value is -1.62. The first-order valence-electron chi connectivity index (χ1n) is 7.14. The van der Waals surface area contributed by atoms with Gasteiger partial charge in [-0.15, -0.1) is 0 Å². The lowest BCUT2D eigenvalue weighted by Gasteiger charge is -2.17. The molecule has 0 amide bonds. The van der Waals surface area contributed by atoms with Gasteiger partial charge in [-0.3, -0.25) is 0 Å². The van der Waals surface area contributed by atoms with Crippen molar-refractivity contribution in [2.24, 2.45) is 16.8 Å². The van der Waals surface area contributed by atoms with Crippen LogP contribution in [0, 0.1) is 11.7 Å². The third kappa shape index (κ3) is 3.70. The number of rotatable bonds is 7. The molecular weight excluding hydrogens is 257 g/mol. The highest BCUT2D eigenvalue weighted by Gasteiger charge is 2.24. The summed E-state index contributed by atoms with van der Waals surface area (Å²) in [6.45, 7) is 2.60. The molecule has 0 aromatic heterocycles. The molecule has 1 aromatic carbocycles. The molecule has 1 aliphatic rings. The van der Waals surface area contributed by atoms with Gasteiger partial charge in [0, 0.05) is 18.2 Å². The lowest BCUT2D eigenvalue weighted by Crippen LogP contribution is -2.29. The Kier molecular flexibility index (Phi) is 4.95. The Labute approximate surface area is 118 Å². The number of oxime groups is 1. The Morgan fingerprint density at radius 2 is 2.30 bits per heavy atom. The summed E-state index contributed by atoms with van der Waals surface area (Å²) in [5.41, 5.74) is 6.15. The first-order chi connectivity index (χ1) is 9.65. The number of halogens is 1. The second-order valence-corrected chi connectivity index (χ2v) is 5.43. The number of nitrogens with one attached hydrogen (secondary N) is 1. The van der Waals surface area contributed by atoms with Crippen molar-refractivity contribution in [1.82, 2.24) is 5.32 Å². The van der Waals surface area contributed by atoms with Gasteiger partial charge < -0.3 is 16.3 Å². The third-order valence-electron chi connectivity index (χ3n) is 3.85. The van der Waals surface area contributed by atoms with Gasteiger partial charge >= 0.3 is 0 Å². The molecule has 0 radical (unpaired) electrons. The van der Waals surface area contributed by atoms with Gasteiger partial charge in [0.25, 0.3) is 0 Å². The van der Waals surface area contributed by atoms with E-state index in [1.165, 1.54) is 18.9 Å². The van der Waals surface area contributed by atoms with Crippen molar-refractivity contribution >= 4 is 5.84 Å². The average molecular weight is 279 g/mol. The van der Waals surface area contributed by atoms with E-state index in [-0.39, 0.29) is 11.4 Å².